The molecule has 0 saturated carbocycles. The Bertz CT molecular complexity index is 844. The highest BCUT2D eigenvalue weighted by Crippen LogP contribution is 2.34. The first-order valence-electron chi connectivity index (χ1n) is 11.6. The number of para-hydroxylation sites is 1. The van der Waals surface area contributed by atoms with Gasteiger partial charge in [0.15, 0.2) is 0 Å². The Labute approximate surface area is 202 Å². The molecule has 0 aliphatic carbocycles. The van der Waals surface area contributed by atoms with Crippen molar-refractivity contribution in [3.63, 3.8) is 0 Å². The molecule has 0 aliphatic rings. The lowest BCUT2D eigenvalue weighted by Crippen LogP contribution is -2.59. The Kier molecular flexibility index (Phi) is 10.4. The Hall–Kier alpha value is -2.81. The van der Waals surface area contributed by atoms with Crippen LogP contribution in [0.5, 0.6) is 5.75 Å². The number of alkyl carbamates (subject to hydrolysis) is 1. The largest absolute Gasteiger partial charge is 0.508 e. The molecule has 1 rings (SSSR count). The van der Waals surface area contributed by atoms with Gasteiger partial charge in [0.2, 0.25) is 11.8 Å². The van der Waals surface area contributed by atoms with Crippen LogP contribution in [0.2, 0.25) is 0 Å². The summed E-state index contributed by atoms with van der Waals surface area (Å²) in [6.07, 6.45) is 0.730. The van der Waals surface area contributed by atoms with Crippen LogP contribution in [-0.4, -0.2) is 62.9 Å². The van der Waals surface area contributed by atoms with Crippen molar-refractivity contribution >= 4 is 17.9 Å². The monoisotopic (exact) mass is 479 g/mol. The molecule has 0 fully saturated rings. The highest BCUT2D eigenvalue weighted by atomic mass is 16.6. The fourth-order valence-corrected chi connectivity index (χ4v) is 3.59. The number of aliphatic hydroxyl groups is 1. The van der Waals surface area contributed by atoms with Gasteiger partial charge in [0.05, 0.1) is 6.61 Å². The second kappa shape index (κ2) is 12.1. The molecule has 0 saturated heterocycles. The molecule has 0 aromatic heterocycles. The molecule has 0 aliphatic heterocycles. The molecule has 0 heterocycles. The van der Waals surface area contributed by atoms with E-state index in [4.69, 9.17) is 4.74 Å². The van der Waals surface area contributed by atoms with Crippen LogP contribution in [0.4, 0.5) is 4.79 Å². The maximum Gasteiger partial charge on any atom is 0.408 e. The summed E-state index contributed by atoms with van der Waals surface area (Å²) in [5, 5.41) is 25.9. The number of amides is 3. The van der Waals surface area contributed by atoms with Gasteiger partial charge in [-0.15, -0.1) is 0 Å². The topological polar surface area (TPSA) is 128 Å². The number of hydrogen-bond acceptors (Lipinski definition) is 6. The van der Waals surface area contributed by atoms with Crippen molar-refractivity contribution in [1.82, 2.24) is 15.5 Å². The molecular weight excluding hydrogens is 438 g/mol. The van der Waals surface area contributed by atoms with E-state index in [1.54, 1.807) is 59.7 Å². The van der Waals surface area contributed by atoms with Crippen LogP contribution < -0.4 is 10.6 Å². The summed E-state index contributed by atoms with van der Waals surface area (Å²) in [5.41, 5.74) is -1.48. The Morgan fingerprint density at radius 1 is 1.06 bits per heavy atom. The second-order valence-electron chi connectivity index (χ2n) is 10.4. The molecule has 0 radical (unpaired) electrons. The predicted molar refractivity (Wildman–Crippen MR) is 130 cm³/mol. The van der Waals surface area contributed by atoms with E-state index in [2.05, 4.69) is 10.6 Å². The van der Waals surface area contributed by atoms with Crippen LogP contribution in [0.3, 0.4) is 0 Å². The predicted octanol–water partition coefficient (Wildman–Crippen LogP) is 3.25. The van der Waals surface area contributed by atoms with Crippen molar-refractivity contribution in [1.29, 1.82) is 0 Å². The minimum absolute atomic E-state index is 0.145. The fourth-order valence-electron chi connectivity index (χ4n) is 3.59. The average molecular weight is 480 g/mol. The van der Waals surface area contributed by atoms with Gasteiger partial charge in [0.1, 0.15) is 23.4 Å². The number of nitrogens with zero attached hydrogens (tertiary/aromatic N) is 1. The van der Waals surface area contributed by atoms with Crippen molar-refractivity contribution in [2.24, 2.45) is 0 Å². The molecule has 3 amide bonds. The van der Waals surface area contributed by atoms with E-state index in [0.29, 0.717) is 0 Å². The molecule has 0 spiro atoms. The molecule has 1 aromatic carbocycles. The number of aromatic hydroxyl groups is 1. The Balaban J connectivity index is 3.48. The SMILES string of the molecule is CCCC(C)NC(=O)C(c1ccccc1O)N(C(=O)C(CO)NC(=O)OC(C)(C)C)C(C)(C)C. The summed E-state index contributed by atoms with van der Waals surface area (Å²) in [7, 11) is 0. The van der Waals surface area contributed by atoms with E-state index in [9.17, 15) is 24.6 Å². The van der Waals surface area contributed by atoms with Gasteiger partial charge in [-0.05, 0) is 61.0 Å². The summed E-state index contributed by atoms with van der Waals surface area (Å²) in [5.74, 6) is -1.31. The summed E-state index contributed by atoms with van der Waals surface area (Å²) in [4.78, 5) is 40.8. The summed E-state index contributed by atoms with van der Waals surface area (Å²) in [6.45, 7) is 13.4. The second-order valence-corrected chi connectivity index (χ2v) is 10.4. The summed E-state index contributed by atoms with van der Waals surface area (Å²) < 4.78 is 5.23. The number of phenolic OH excluding ortho intramolecular Hbond substituents is 1. The first kappa shape index (κ1) is 29.2. The van der Waals surface area contributed by atoms with Gasteiger partial charge in [-0.25, -0.2) is 4.79 Å². The van der Waals surface area contributed by atoms with E-state index in [1.165, 1.54) is 11.0 Å². The van der Waals surface area contributed by atoms with Gasteiger partial charge >= 0.3 is 6.09 Å². The number of carbonyl (C=O) groups is 3. The number of nitrogens with one attached hydrogen (secondary N) is 2. The zero-order valence-corrected chi connectivity index (χ0v) is 21.6. The number of phenols is 1. The highest BCUT2D eigenvalue weighted by Gasteiger charge is 2.42. The lowest BCUT2D eigenvalue weighted by molar-refractivity contribution is -0.149. The summed E-state index contributed by atoms with van der Waals surface area (Å²) in [6, 6.07) is 3.59. The van der Waals surface area contributed by atoms with Crippen LogP contribution in [-0.2, 0) is 14.3 Å². The number of hydrogen-bond donors (Lipinski definition) is 4. The molecular formula is C25H41N3O6. The normalized spacial score (nSPS) is 14.5. The number of benzene rings is 1. The lowest BCUT2D eigenvalue weighted by atomic mass is 9.94. The first-order chi connectivity index (χ1) is 15.6. The van der Waals surface area contributed by atoms with Gasteiger partial charge in [-0.3, -0.25) is 9.59 Å². The van der Waals surface area contributed by atoms with Gasteiger partial charge in [-0.2, -0.15) is 0 Å². The zero-order valence-electron chi connectivity index (χ0n) is 21.6. The minimum atomic E-state index is -1.36. The standard InChI is InChI=1S/C25H41N3O6/c1-9-12-16(2)26-21(31)20(17-13-10-11-14-19(17)30)28(24(3,4)5)22(32)18(15-29)27-23(33)34-25(6,7)8/h10-11,13-14,16,18,20,29-30H,9,12,15H2,1-8H3,(H,26,31)(H,27,33). The van der Waals surface area contributed by atoms with Crippen molar-refractivity contribution in [3.05, 3.63) is 29.8 Å². The fraction of sp³-hybridized carbons (Fsp3) is 0.640. The van der Waals surface area contributed by atoms with Crippen LogP contribution in [0.1, 0.15) is 79.8 Å². The molecule has 9 nitrogen and oxygen atoms in total. The number of rotatable bonds is 9. The van der Waals surface area contributed by atoms with Crippen molar-refractivity contribution in [2.75, 3.05) is 6.61 Å². The third-order valence-corrected chi connectivity index (χ3v) is 4.98. The highest BCUT2D eigenvalue weighted by molar-refractivity contribution is 5.93. The van der Waals surface area contributed by atoms with Crippen molar-refractivity contribution < 1.29 is 29.3 Å². The van der Waals surface area contributed by atoms with E-state index >= 15 is 0 Å². The van der Waals surface area contributed by atoms with Crippen LogP contribution in [0.15, 0.2) is 24.3 Å². The van der Waals surface area contributed by atoms with Crippen LogP contribution in [0.25, 0.3) is 0 Å². The van der Waals surface area contributed by atoms with Crippen molar-refractivity contribution in [3.8, 4) is 5.75 Å². The maximum atomic E-state index is 13.7. The lowest BCUT2D eigenvalue weighted by Gasteiger charge is -2.43. The molecule has 4 N–H and O–H groups in total. The van der Waals surface area contributed by atoms with Gasteiger partial charge in [0, 0.05) is 17.1 Å². The van der Waals surface area contributed by atoms with Gasteiger partial charge in [0.25, 0.3) is 0 Å². The number of carbonyl (C=O) groups excluding carboxylic acids is 3. The molecule has 192 valence electrons. The molecule has 3 unspecified atom stereocenters. The van der Waals surface area contributed by atoms with Crippen molar-refractivity contribution in [2.45, 2.75) is 97.5 Å². The molecule has 9 heteroatoms. The van der Waals surface area contributed by atoms with E-state index < -0.39 is 47.7 Å². The average Bonchev–Trinajstić information content (AvgIpc) is 2.68. The minimum Gasteiger partial charge on any atom is -0.508 e. The molecule has 3 atom stereocenters. The molecule has 1 aromatic rings. The van der Waals surface area contributed by atoms with Crippen LogP contribution in [0, 0.1) is 0 Å². The smallest absolute Gasteiger partial charge is 0.408 e. The Morgan fingerprint density at radius 2 is 1.65 bits per heavy atom. The maximum absolute atomic E-state index is 13.7. The quantitative estimate of drug-likeness (QED) is 0.430. The third kappa shape index (κ3) is 8.52. The number of ether oxygens (including phenoxy) is 1. The first-order valence-corrected chi connectivity index (χ1v) is 11.6. The Morgan fingerprint density at radius 3 is 2.12 bits per heavy atom. The third-order valence-electron chi connectivity index (χ3n) is 4.98. The van der Waals surface area contributed by atoms with Crippen LogP contribution >= 0.6 is 0 Å². The van der Waals surface area contributed by atoms with E-state index in [-0.39, 0.29) is 17.4 Å². The molecule has 0 bridgehead atoms. The van der Waals surface area contributed by atoms with E-state index in [1.807, 2.05) is 13.8 Å². The van der Waals surface area contributed by atoms with Gasteiger partial charge in [-0.1, -0.05) is 31.5 Å². The van der Waals surface area contributed by atoms with Gasteiger partial charge < -0.3 is 30.5 Å². The number of aliphatic hydroxyl groups excluding tert-OH is 1. The molecule has 34 heavy (non-hydrogen) atoms. The zero-order chi connectivity index (χ0) is 26.3. The summed E-state index contributed by atoms with van der Waals surface area (Å²) >= 11 is 0. The van der Waals surface area contributed by atoms with E-state index in [0.717, 1.165) is 12.8 Å².